The zero-order chi connectivity index (χ0) is 13.1. The van der Waals surface area contributed by atoms with E-state index in [2.05, 4.69) is 24.1 Å². The van der Waals surface area contributed by atoms with Crippen molar-refractivity contribution >= 4 is 5.69 Å². The third kappa shape index (κ3) is 2.66. The second-order valence-corrected chi connectivity index (χ2v) is 5.51. The first-order valence-corrected chi connectivity index (χ1v) is 6.80. The van der Waals surface area contributed by atoms with E-state index in [0.717, 1.165) is 30.3 Å². The lowest BCUT2D eigenvalue weighted by Crippen LogP contribution is -2.24. The molecule has 0 aliphatic carbocycles. The summed E-state index contributed by atoms with van der Waals surface area (Å²) in [7, 11) is 1.86. The van der Waals surface area contributed by atoms with Gasteiger partial charge in [-0.15, -0.1) is 0 Å². The average Bonchev–Trinajstić information content (AvgIpc) is 2.81. The lowest BCUT2D eigenvalue weighted by molar-refractivity contribution is 0.422. The topological polar surface area (TPSA) is 15.3 Å². The second kappa shape index (κ2) is 5.70. The number of hydrogen-bond donors (Lipinski definition) is 1. The van der Waals surface area contributed by atoms with Crippen LogP contribution in [-0.2, 0) is 6.54 Å². The number of nitrogens with one attached hydrogen (secondary N) is 1. The Balaban J connectivity index is 2.21. The molecule has 1 aliphatic heterocycles. The molecule has 0 radical (unpaired) electrons. The largest absolute Gasteiger partial charge is 0.371 e. The van der Waals surface area contributed by atoms with E-state index in [1.807, 2.05) is 19.2 Å². The van der Waals surface area contributed by atoms with Gasteiger partial charge in [0.2, 0.25) is 0 Å². The summed E-state index contributed by atoms with van der Waals surface area (Å²) in [6.45, 7) is 7.23. The van der Waals surface area contributed by atoms with Gasteiger partial charge in [-0.3, -0.25) is 0 Å². The summed E-state index contributed by atoms with van der Waals surface area (Å²) >= 11 is 0. The number of benzene rings is 1. The number of nitrogens with zero attached hydrogens (tertiary/aromatic N) is 1. The molecule has 1 unspecified atom stereocenters. The minimum absolute atomic E-state index is 0.102. The number of anilines is 1. The summed E-state index contributed by atoms with van der Waals surface area (Å²) in [5.41, 5.74) is 1.86. The summed E-state index contributed by atoms with van der Waals surface area (Å²) in [5, 5.41) is 3.06. The van der Waals surface area contributed by atoms with Gasteiger partial charge in [-0.05, 0) is 37.4 Å². The van der Waals surface area contributed by atoms with Gasteiger partial charge in [0.25, 0.3) is 0 Å². The fourth-order valence-electron chi connectivity index (χ4n) is 2.75. The SMILES string of the molecule is CNCc1c(F)cccc1N1CCC(C(C)C)C1. The summed E-state index contributed by atoms with van der Waals surface area (Å²) < 4.78 is 13.9. The van der Waals surface area contributed by atoms with Crippen molar-refractivity contribution in [3.8, 4) is 0 Å². The van der Waals surface area contributed by atoms with Gasteiger partial charge >= 0.3 is 0 Å². The van der Waals surface area contributed by atoms with E-state index in [9.17, 15) is 4.39 Å². The van der Waals surface area contributed by atoms with Crippen molar-refractivity contribution in [3.63, 3.8) is 0 Å². The molecule has 0 bridgehead atoms. The molecule has 0 aromatic heterocycles. The fraction of sp³-hybridized carbons (Fsp3) is 0.600. The van der Waals surface area contributed by atoms with Gasteiger partial charge in [-0.25, -0.2) is 4.39 Å². The number of rotatable bonds is 4. The van der Waals surface area contributed by atoms with Crippen molar-refractivity contribution in [1.82, 2.24) is 5.32 Å². The standard InChI is InChI=1S/C15H23FN2/c1-11(2)12-7-8-18(10-12)15-6-4-5-14(16)13(15)9-17-3/h4-6,11-12,17H,7-10H2,1-3H3. The second-order valence-electron chi connectivity index (χ2n) is 5.51. The van der Waals surface area contributed by atoms with Crippen molar-refractivity contribution in [2.45, 2.75) is 26.8 Å². The van der Waals surface area contributed by atoms with Crippen LogP contribution in [-0.4, -0.2) is 20.1 Å². The first-order chi connectivity index (χ1) is 8.63. The normalized spacial score (nSPS) is 19.8. The molecule has 1 aromatic rings. The molecule has 1 aliphatic rings. The van der Waals surface area contributed by atoms with Crippen LogP contribution in [0, 0.1) is 17.7 Å². The maximum absolute atomic E-state index is 13.9. The van der Waals surface area contributed by atoms with E-state index in [0.29, 0.717) is 12.5 Å². The molecule has 1 saturated heterocycles. The summed E-state index contributed by atoms with van der Waals surface area (Å²) in [5.74, 6) is 1.34. The lowest BCUT2D eigenvalue weighted by atomic mass is 9.95. The van der Waals surface area contributed by atoms with Crippen LogP contribution in [0.3, 0.4) is 0 Å². The molecule has 0 saturated carbocycles. The van der Waals surface area contributed by atoms with Crippen LogP contribution in [0.15, 0.2) is 18.2 Å². The molecule has 3 heteroatoms. The van der Waals surface area contributed by atoms with Gasteiger partial charge in [0.1, 0.15) is 5.82 Å². The molecule has 100 valence electrons. The molecule has 2 nitrogen and oxygen atoms in total. The van der Waals surface area contributed by atoms with Gasteiger partial charge in [-0.1, -0.05) is 19.9 Å². The molecule has 2 rings (SSSR count). The predicted molar refractivity (Wildman–Crippen MR) is 74.3 cm³/mol. The third-order valence-corrected chi connectivity index (χ3v) is 3.96. The van der Waals surface area contributed by atoms with E-state index >= 15 is 0 Å². The number of hydrogen-bond acceptors (Lipinski definition) is 2. The minimum Gasteiger partial charge on any atom is -0.371 e. The summed E-state index contributed by atoms with van der Waals surface area (Å²) in [4.78, 5) is 2.33. The zero-order valence-electron chi connectivity index (χ0n) is 11.5. The molecule has 1 aromatic carbocycles. The van der Waals surface area contributed by atoms with Crippen LogP contribution >= 0.6 is 0 Å². The first-order valence-electron chi connectivity index (χ1n) is 6.80. The Kier molecular flexibility index (Phi) is 4.23. The Bertz CT molecular complexity index is 403. The molecular weight excluding hydrogens is 227 g/mol. The summed E-state index contributed by atoms with van der Waals surface area (Å²) in [6.07, 6.45) is 1.22. The van der Waals surface area contributed by atoms with Crippen LogP contribution < -0.4 is 10.2 Å². The Labute approximate surface area is 109 Å². The predicted octanol–water partition coefficient (Wildman–Crippen LogP) is 3.03. The smallest absolute Gasteiger partial charge is 0.129 e. The maximum atomic E-state index is 13.9. The Morgan fingerprint density at radius 1 is 1.44 bits per heavy atom. The van der Waals surface area contributed by atoms with E-state index < -0.39 is 0 Å². The first kappa shape index (κ1) is 13.3. The highest BCUT2D eigenvalue weighted by atomic mass is 19.1. The van der Waals surface area contributed by atoms with Crippen LogP contribution in [0.1, 0.15) is 25.8 Å². The Morgan fingerprint density at radius 2 is 2.22 bits per heavy atom. The Hall–Kier alpha value is -1.09. The highest BCUT2D eigenvalue weighted by molar-refractivity contribution is 5.55. The van der Waals surface area contributed by atoms with Gasteiger partial charge < -0.3 is 10.2 Å². The van der Waals surface area contributed by atoms with Crippen molar-refractivity contribution in [2.24, 2.45) is 11.8 Å². The average molecular weight is 250 g/mol. The van der Waals surface area contributed by atoms with Gasteiger partial charge in [0.05, 0.1) is 0 Å². The van der Waals surface area contributed by atoms with E-state index in [-0.39, 0.29) is 5.82 Å². The van der Waals surface area contributed by atoms with Gasteiger partial charge in [0, 0.05) is 30.9 Å². The van der Waals surface area contributed by atoms with Crippen molar-refractivity contribution in [3.05, 3.63) is 29.6 Å². The molecule has 0 spiro atoms. The fourth-order valence-corrected chi connectivity index (χ4v) is 2.75. The molecule has 0 amide bonds. The quantitative estimate of drug-likeness (QED) is 0.883. The zero-order valence-corrected chi connectivity index (χ0v) is 11.5. The minimum atomic E-state index is -0.102. The Morgan fingerprint density at radius 3 is 2.83 bits per heavy atom. The van der Waals surface area contributed by atoms with Crippen LogP contribution in [0.2, 0.25) is 0 Å². The maximum Gasteiger partial charge on any atom is 0.129 e. The van der Waals surface area contributed by atoms with Crippen molar-refractivity contribution in [2.75, 3.05) is 25.0 Å². The van der Waals surface area contributed by atoms with Crippen molar-refractivity contribution in [1.29, 1.82) is 0 Å². The molecule has 1 fully saturated rings. The molecule has 1 atom stereocenters. The third-order valence-electron chi connectivity index (χ3n) is 3.96. The van der Waals surface area contributed by atoms with E-state index in [1.54, 1.807) is 6.07 Å². The van der Waals surface area contributed by atoms with Gasteiger partial charge in [0.15, 0.2) is 0 Å². The molecule has 18 heavy (non-hydrogen) atoms. The molecule has 1 N–H and O–H groups in total. The lowest BCUT2D eigenvalue weighted by Gasteiger charge is -2.23. The van der Waals surface area contributed by atoms with Crippen LogP contribution in [0.5, 0.6) is 0 Å². The summed E-state index contributed by atoms with van der Waals surface area (Å²) in [6, 6.07) is 5.40. The highest BCUT2D eigenvalue weighted by Crippen LogP contribution is 2.31. The molecular formula is C15H23FN2. The monoisotopic (exact) mass is 250 g/mol. The molecule has 1 heterocycles. The van der Waals surface area contributed by atoms with Crippen LogP contribution in [0.4, 0.5) is 10.1 Å². The van der Waals surface area contributed by atoms with Crippen LogP contribution in [0.25, 0.3) is 0 Å². The van der Waals surface area contributed by atoms with E-state index in [4.69, 9.17) is 0 Å². The van der Waals surface area contributed by atoms with E-state index in [1.165, 1.54) is 6.42 Å². The number of halogens is 1. The highest BCUT2D eigenvalue weighted by Gasteiger charge is 2.26. The van der Waals surface area contributed by atoms with Gasteiger partial charge in [-0.2, -0.15) is 0 Å². The van der Waals surface area contributed by atoms with Crippen molar-refractivity contribution < 1.29 is 4.39 Å².